The molecule has 1 unspecified atom stereocenters. The highest BCUT2D eigenvalue weighted by Gasteiger charge is 2.26. The van der Waals surface area contributed by atoms with E-state index in [0.29, 0.717) is 12.0 Å². The number of esters is 1. The minimum absolute atomic E-state index is 0.296. The summed E-state index contributed by atoms with van der Waals surface area (Å²) in [5.74, 6) is -0.974. The van der Waals surface area contributed by atoms with Gasteiger partial charge in [-0.25, -0.2) is 4.39 Å². The van der Waals surface area contributed by atoms with Gasteiger partial charge in [0.2, 0.25) is 0 Å². The first-order valence-electron chi connectivity index (χ1n) is 5.33. The fraction of sp³-hybridized carbons (Fsp3) is 0.417. The lowest BCUT2D eigenvalue weighted by molar-refractivity contribution is -0.142. The summed E-state index contributed by atoms with van der Waals surface area (Å²) in [5, 5.41) is 3.19. The predicted molar refractivity (Wildman–Crippen MR) is 58.9 cm³/mol. The Morgan fingerprint density at radius 3 is 3.12 bits per heavy atom. The third-order valence-electron chi connectivity index (χ3n) is 2.86. The number of carbonyl (C=O) groups excluding carboxylic acids is 1. The summed E-state index contributed by atoms with van der Waals surface area (Å²) in [6.45, 7) is 0.798. The van der Waals surface area contributed by atoms with Crippen molar-refractivity contribution in [3.8, 4) is 0 Å². The lowest BCUT2D eigenvalue weighted by atomic mass is 9.94. The molecule has 1 aliphatic heterocycles. The predicted octanol–water partition coefficient (Wildman–Crippen LogP) is 2.29. The van der Waals surface area contributed by atoms with E-state index >= 15 is 0 Å². The molecule has 0 radical (unpaired) electrons. The fourth-order valence-electron chi connectivity index (χ4n) is 2.05. The maximum Gasteiger partial charge on any atom is 0.313 e. The standard InChI is InChI=1S/C12H14FNO2/c1-16-12(15)9-3-2-6-14-11-5-4-8(13)7-10(9)11/h4-5,7,9,14H,2-3,6H2,1H3. The van der Waals surface area contributed by atoms with Crippen molar-refractivity contribution in [2.45, 2.75) is 18.8 Å². The SMILES string of the molecule is COC(=O)C1CCCNc2ccc(F)cc21. The van der Waals surface area contributed by atoms with Gasteiger partial charge in [0, 0.05) is 12.2 Å². The summed E-state index contributed by atoms with van der Waals surface area (Å²) in [4.78, 5) is 11.6. The molecule has 1 aliphatic rings. The molecule has 1 aromatic rings. The van der Waals surface area contributed by atoms with Crippen molar-refractivity contribution in [2.24, 2.45) is 0 Å². The first-order valence-corrected chi connectivity index (χ1v) is 5.33. The zero-order valence-electron chi connectivity index (χ0n) is 9.13. The molecular formula is C12H14FNO2. The Bertz CT molecular complexity index is 406. The Hall–Kier alpha value is -1.58. The van der Waals surface area contributed by atoms with Crippen LogP contribution in [0.25, 0.3) is 0 Å². The second kappa shape index (κ2) is 4.51. The molecule has 1 atom stereocenters. The first kappa shape index (κ1) is 10.9. The van der Waals surface area contributed by atoms with Crippen molar-refractivity contribution < 1.29 is 13.9 Å². The number of halogens is 1. The Morgan fingerprint density at radius 2 is 2.38 bits per heavy atom. The summed E-state index contributed by atoms with van der Waals surface area (Å²) in [6.07, 6.45) is 1.56. The van der Waals surface area contributed by atoms with E-state index in [1.807, 2.05) is 0 Å². The molecule has 0 saturated carbocycles. The molecule has 0 saturated heterocycles. The maximum atomic E-state index is 13.2. The molecule has 0 spiro atoms. The minimum Gasteiger partial charge on any atom is -0.469 e. The van der Waals surface area contributed by atoms with Gasteiger partial charge in [0.25, 0.3) is 0 Å². The Labute approximate surface area is 93.6 Å². The summed E-state index contributed by atoms with van der Waals surface area (Å²) in [7, 11) is 1.36. The highest BCUT2D eigenvalue weighted by molar-refractivity contribution is 5.81. The summed E-state index contributed by atoms with van der Waals surface area (Å²) >= 11 is 0. The molecule has 1 N–H and O–H groups in total. The largest absolute Gasteiger partial charge is 0.469 e. The van der Waals surface area contributed by atoms with E-state index in [2.05, 4.69) is 5.32 Å². The lowest BCUT2D eigenvalue weighted by Gasteiger charge is -2.14. The molecule has 1 heterocycles. The third-order valence-corrected chi connectivity index (χ3v) is 2.86. The van der Waals surface area contributed by atoms with E-state index in [1.54, 1.807) is 6.07 Å². The number of benzene rings is 1. The molecule has 1 aromatic carbocycles. The molecule has 86 valence electrons. The highest BCUT2D eigenvalue weighted by Crippen LogP contribution is 2.32. The van der Waals surface area contributed by atoms with Crippen molar-refractivity contribution in [1.29, 1.82) is 0 Å². The quantitative estimate of drug-likeness (QED) is 0.742. The van der Waals surface area contributed by atoms with E-state index in [9.17, 15) is 9.18 Å². The summed E-state index contributed by atoms with van der Waals surface area (Å²) < 4.78 is 17.9. The molecule has 3 nitrogen and oxygen atoms in total. The van der Waals surface area contributed by atoms with Gasteiger partial charge in [-0.15, -0.1) is 0 Å². The van der Waals surface area contributed by atoms with E-state index in [0.717, 1.165) is 18.7 Å². The van der Waals surface area contributed by atoms with Crippen LogP contribution in [-0.4, -0.2) is 19.6 Å². The molecule has 4 heteroatoms. The molecule has 0 aliphatic carbocycles. The number of methoxy groups -OCH3 is 1. The topological polar surface area (TPSA) is 38.3 Å². The molecule has 0 aromatic heterocycles. The van der Waals surface area contributed by atoms with E-state index in [-0.39, 0.29) is 17.7 Å². The Morgan fingerprint density at radius 1 is 1.56 bits per heavy atom. The zero-order valence-corrected chi connectivity index (χ0v) is 9.13. The molecule has 2 rings (SSSR count). The van der Waals surface area contributed by atoms with Crippen LogP contribution in [0.4, 0.5) is 10.1 Å². The number of fused-ring (bicyclic) bond motifs is 1. The molecule has 0 bridgehead atoms. The van der Waals surface area contributed by atoms with Crippen LogP contribution in [-0.2, 0) is 9.53 Å². The minimum atomic E-state index is -0.356. The van der Waals surface area contributed by atoms with E-state index in [1.165, 1.54) is 19.2 Å². The number of carbonyl (C=O) groups is 1. The number of hydrogen-bond donors (Lipinski definition) is 1. The van der Waals surface area contributed by atoms with E-state index in [4.69, 9.17) is 4.74 Å². The normalized spacial score (nSPS) is 19.2. The Kier molecular flexibility index (Phi) is 3.08. The van der Waals surface area contributed by atoms with Crippen LogP contribution in [0.15, 0.2) is 18.2 Å². The van der Waals surface area contributed by atoms with Crippen molar-refractivity contribution in [3.05, 3.63) is 29.6 Å². The van der Waals surface area contributed by atoms with Crippen LogP contribution in [0, 0.1) is 5.82 Å². The number of hydrogen-bond acceptors (Lipinski definition) is 3. The summed E-state index contributed by atoms with van der Waals surface area (Å²) in [5.41, 5.74) is 1.53. The van der Waals surface area contributed by atoms with Gasteiger partial charge in [-0.1, -0.05) is 0 Å². The molecule has 0 fully saturated rings. The lowest BCUT2D eigenvalue weighted by Crippen LogP contribution is -2.14. The van der Waals surface area contributed by atoms with Gasteiger partial charge in [-0.3, -0.25) is 4.79 Å². The van der Waals surface area contributed by atoms with Crippen molar-refractivity contribution >= 4 is 11.7 Å². The van der Waals surface area contributed by atoms with Gasteiger partial charge < -0.3 is 10.1 Å². The van der Waals surface area contributed by atoms with Crippen LogP contribution in [0.5, 0.6) is 0 Å². The van der Waals surface area contributed by atoms with Crippen LogP contribution in [0.2, 0.25) is 0 Å². The van der Waals surface area contributed by atoms with Gasteiger partial charge in [0.05, 0.1) is 13.0 Å². The van der Waals surface area contributed by atoms with Crippen molar-refractivity contribution in [2.75, 3.05) is 19.0 Å². The van der Waals surface area contributed by atoms with Crippen LogP contribution >= 0.6 is 0 Å². The summed E-state index contributed by atoms with van der Waals surface area (Å²) in [6, 6.07) is 4.48. The van der Waals surface area contributed by atoms with Gasteiger partial charge in [0.1, 0.15) is 5.82 Å². The van der Waals surface area contributed by atoms with Crippen molar-refractivity contribution in [1.82, 2.24) is 0 Å². The van der Waals surface area contributed by atoms with Crippen LogP contribution < -0.4 is 5.32 Å². The maximum absolute atomic E-state index is 13.2. The Balaban J connectivity index is 2.42. The molecule has 16 heavy (non-hydrogen) atoms. The van der Waals surface area contributed by atoms with Gasteiger partial charge in [-0.2, -0.15) is 0 Å². The fourth-order valence-corrected chi connectivity index (χ4v) is 2.05. The van der Waals surface area contributed by atoms with E-state index < -0.39 is 0 Å². The molecular weight excluding hydrogens is 209 g/mol. The third kappa shape index (κ3) is 2.01. The highest BCUT2D eigenvalue weighted by atomic mass is 19.1. The number of ether oxygens (including phenoxy) is 1. The van der Waals surface area contributed by atoms with Crippen LogP contribution in [0.3, 0.4) is 0 Å². The molecule has 0 amide bonds. The number of rotatable bonds is 1. The average Bonchev–Trinajstić information content (AvgIpc) is 2.50. The van der Waals surface area contributed by atoms with Crippen LogP contribution in [0.1, 0.15) is 24.3 Å². The monoisotopic (exact) mass is 223 g/mol. The number of anilines is 1. The average molecular weight is 223 g/mol. The second-order valence-corrected chi connectivity index (χ2v) is 3.88. The van der Waals surface area contributed by atoms with Gasteiger partial charge in [-0.05, 0) is 36.6 Å². The first-order chi connectivity index (χ1) is 7.72. The smallest absolute Gasteiger partial charge is 0.313 e. The number of nitrogens with one attached hydrogen (secondary N) is 1. The zero-order chi connectivity index (χ0) is 11.5. The second-order valence-electron chi connectivity index (χ2n) is 3.88. The van der Waals surface area contributed by atoms with Gasteiger partial charge in [0.15, 0.2) is 0 Å². The van der Waals surface area contributed by atoms with Gasteiger partial charge >= 0.3 is 5.97 Å². The van der Waals surface area contributed by atoms with Crippen molar-refractivity contribution in [3.63, 3.8) is 0 Å².